The van der Waals surface area contributed by atoms with Gasteiger partial charge in [0.15, 0.2) is 0 Å². The average molecular weight is 625 g/mol. The number of rotatable bonds is 2. The molecule has 0 spiro atoms. The van der Waals surface area contributed by atoms with Crippen LogP contribution in [0.15, 0.2) is 67.5 Å². The number of ether oxygens (including phenoxy) is 1. The second kappa shape index (κ2) is 10.5. The first-order chi connectivity index (χ1) is 16.7. The van der Waals surface area contributed by atoms with E-state index in [-0.39, 0.29) is 5.91 Å². The SMILES string of the molecule is O=C1NC=CC=C[C](=[W])c2nccn2CCCCCOc2ccc(-n3cnc(C4CC4)c3)cc21. The van der Waals surface area contributed by atoms with E-state index >= 15 is 0 Å². The zero-order chi connectivity index (χ0) is 23.3. The quantitative estimate of drug-likeness (QED) is 0.467. The summed E-state index contributed by atoms with van der Waals surface area (Å²) >= 11 is 1.35. The summed E-state index contributed by atoms with van der Waals surface area (Å²) in [6, 6.07) is 5.74. The third-order valence-corrected chi connectivity index (χ3v) is 7.16. The van der Waals surface area contributed by atoms with Crippen molar-refractivity contribution < 1.29 is 28.9 Å². The van der Waals surface area contributed by atoms with Crippen molar-refractivity contribution in [1.29, 1.82) is 0 Å². The normalized spacial score (nSPS) is 17.4. The number of amides is 1. The molecule has 1 amide bonds. The molecule has 34 heavy (non-hydrogen) atoms. The predicted molar refractivity (Wildman–Crippen MR) is 127 cm³/mol. The molecular weight excluding hydrogens is 598 g/mol. The van der Waals surface area contributed by atoms with Gasteiger partial charge in [0.1, 0.15) is 0 Å². The van der Waals surface area contributed by atoms with Gasteiger partial charge in [-0.3, -0.25) is 0 Å². The van der Waals surface area contributed by atoms with Crippen molar-refractivity contribution in [2.45, 2.75) is 44.6 Å². The molecule has 1 aliphatic heterocycles. The Labute approximate surface area is 210 Å². The molecule has 1 N–H and O–H groups in total. The number of aryl methyl sites for hydroxylation is 1. The predicted octanol–water partition coefficient (Wildman–Crippen LogP) is 4.08. The summed E-state index contributed by atoms with van der Waals surface area (Å²) in [5, 5.41) is 2.88. The minimum absolute atomic E-state index is 0.199. The summed E-state index contributed by atoms with van der Waals surface area (Å²) in [5.41, 5.74) is 2.54. The number of imidazole rings is 2. The zero-order valence-electron chi connectivity index (χ0n) is 18.9. The van der Waals surface area contributed by atoms with E-state index in [1.54, 1.807) is 6.20 Å². The van der Waals surface area contributed by atoms with Crippen molar-refractivity contribution in [3.05, 3.63) is 84.6 Å². The number of carbonyl (C=O) groups is 1. The van der Waals surface area contributed by atoms with Gasteiger partial charge >= 0.3 is 181 Å². The van der Waals surface area contributed by atoms with E-state index in [0.29, 0.717) is 23.8 Å². The van der Waals surface area contributed by atoms with Crippen LogP contribution in [0, 0.1) is 0 Å². The van der Waals surface area contributed by atoms with Crippen LogP contribution in [0.5, 0.6) is 5.75 Å². The summed E-state index contributed by atoms with van der Waals surface area (Å²) in [7, 11) is 0. The summed E-state index contributed by atoms with van der Waals surface area (Å²) in [6.07, 6.45) is 20.7. The topological polar surface area (TPSA) is 74.0 Å². The Bertz CT molecular complexity index is 1250. The fourth-order valence-electron chi connectivity index (χ4n) is 3.98. The minimum atomic E-state index is -0.199. The number of carbonyl (C=O) groups excluding carboxylic acids is 1. The van der Waals surface area contributed by atoms with Crippen LogP contribution < -0.4 is 10.1 Å². The van der Waals surface area contributed by atoms with Crippen LogP contribution in [0.2, 0.25) is 0 Å². The Morgan fingerprint density at radius 1 is 1.12 bits per heavy atom. The van der Waals surface area contributed by atoms with Crippen LogP contribution in [0.25, 0.3) is 5.69 Å². The molecule has 1 aliphatic carbocycles. The van der Waals surface area contributed by atoms with Gasteiger partial charge in [-0.1, -0.05) is 0 Å². The first-order valence-corrected chi connectivity index (χ1v) is 13.2. The Kier molecular flexibility index (Phi) is 7.00. The molecule has 1 aromatic carbocycles. The Balaban J connectivity index is 1.37. The van der Waals surface area contributed by atoms with Gasteiger partial charge < -0.3 is 0 Å². The van der Waals surface area contributed by atoms with E-state index in [9.17, 15) is 4.79 Å². The summed E-state index contributed by atoms with van der Waals surface area (Å²) < 4.78 is 11.4. The van der Waals surface area contributed by atoms with Gasteiger partial charge in [-0.15, -0.1) is 0 Å². The fraction of sp³-hybridized carbons (Fsp3) is 0.308. The average Bonchev–Trinajstić information content (AvgIpc) is 3.38. The van der Waals surface area contributed by atoms with E-state index in [2.05, 4.69) is 26.0 Å². The van der Waals surface area contributed by atoms with Crippen LogP contribution in [-0.4, -0.2) is 35.5 Å². The van der Waals surface area contributed by atoms with Gasteiger partial charge in [0, 0.05) is 5.92 Å². The van der Waals surface area contributed by atoms with Gasteiger partial charge in [-0.05, 0) is 12.8 Å². The molecule has 0 radical (unpaired) electrons. The Morgan fingerprint density at radius 2 is 2.03 bits per heavy atom. The molecule has 174 valence electrons. The van der Waals surface area contributed by atoms with Gasteiger partial charge in [-0.2, -0.15) is 0 Å². The van der Waals surface area contributed by atoms with Crippen molar-refractivity contribution in [3.63, 3.8) is 0 Å². The zero-order valence-corrected chi connectivity index (χ0v) is 21.8. The number of nitrogens with zero attached hydrogens (tertiary/aromatic N) is 4. The Morgan fingerprint density at radius 3 is 2.91 bits per heavy atom. The molecule has 1 saturated carbocycles. The number of hydrogen-bond donors (Lipinski definition) is 1. The molecule has 3 heterocycles. The number of allylic oxidation sites excluding steroid dienone is 3. The second-order valence-corrected chi connectivity index (χ2v) is 10.2. The molecule has 0 unspecified atom stereocenters. The first-order valence-electron chi connectivity index (χ1n) is 11.7. The molecule has 2 aliphatic rings. The van der Waals surface area contributed by atoms with Crippen LogP contribution in [0.1, 0.15) is 59.9 Å². The molecule has 7 nitrogen and oxygen atoms in total. The molecule has 0 bridgehead atoms. The molecule has 0 atom stereocenters. The maximum atomic E-state index is 13.0. The van der Waals surface area contributed by atoms with Crippen molar-refractivity contribution in [2.24, 2.45) is 0 Å². The third-order valence-electron chi connectivity index (χ3n) is 6.01. The molecule has 1 fully saturated rings. The number of aromatic nitrogens is 4. The van der Waals surface area contributed by atoms with Crippen LogP contribution >= 0.6 is 0 Å². The standard InChI is InChI=1S/C26H27N5O2.W/c32-26-22-17-21(31-18-23(29-19-31)20-8-9-20)10-11-24(22)33-16-6-2-5-14-30-15-13-27-25(30)7-3-1-4-12-28-26;/h1,3-4,10-13,15,17-20H,2,5-6,8-9,14,16H2,(H,28,32);. The van der Waals surface area contributed by atoms with Gasteiger partial charge in [0.2, 0.25) is 0 Å². The number of fused-ring (bicyclic) bond motifs is 2. The van der Waals surface area contributed by atoms with Crippen LogP contribution in [0.3, 0.4) is 0 Å². The van der Waals surface area contributed by atoms with Crippen molar-refractivity contribution >= 4 is 9.81 Å². The van der Waals surface area contributed by atoms with Gasteiger partial charge in [-0.25, -0.2) is 4.98 Å². The van der Waals surface area contributed by atoms with E-state index in [4.69, 9.17) is 4.74 Å². The maximum absolute atomic E-state index is 13.0. The van der Waals surface area contributed by atoms with E-state index in [1.165, 1.54) is 32.2 Å². The molecule has 3 aromatic rings. The van der Waals surface area contributed by atoms with Crippen molar-refractivity contribution in [2.75, 3.05) is 6.61 Å². The summed E-state index contributed by atoms with van der Waals surface area (Å²) in [6.45, 7) is 1.50. The number of hydrogen-bond acceptors (Lipinski definition) is 4. The second-order valence-electron chi connectivity index (χ2n) is 8.57. The van der Waals surface area contributed by atoms with Crippen LogP contribution in [0.4, 0.5) is 0 Å². The summed E-state index contributed by atoms with van der Waals surface area (Å²) in [4.78, 5) is 22.1. The molecule has 8 heteroatoms. The number of benzene rings is 1. The van der Waals surface area contributed by atoms with Gasteiger partial charge in [0.25, 0.3) is 0 Å². The van der Waals surface area contributed by atoms with E-state index in [1.807, 2.05) is 59.7 Å². The molecule has 0 saturated heterocycles. The van der Waals surface area contributed by atoms with E-state index in [0.717, 1.165) is 46.9 Å². The Hall–Kier alpha value is -3.05. The molecular formula is C26H27N5O2W. The summed E-state index contributed by atoms with van der Waals surface area (Å²) in [5.74, 6) is 1.99. The fourth-order valence-corrected chi connectivity index (χ4v) is 4.88. The first kappa shape index (κ1) is 22.7. The van der Waals surface area contributed by atoms with Crippen molar-refractivity contribution in [1.82, 2.24) is 24.4 Å². The third kappa shape index (κ3) is 5.36. The van der Waals surface area contributed by atoms with Crippen molar-refractivity contribution in [3.8, 4) is 11.4 Å². The van der Waals surface area contributed by atoms with Crippen LogP contribution in [-0.2, 0) is 25.9 Å². The molecule has 2 aromatic heterocycles. The van der Waals surface area contributed by atoms with E-state index < -0.39 is 0 Å². The number of nitrogens with one attached hydrogen (secondary N) is 1. The van der Waals surface area contributed by atoms with Gasteiger partial charge in [0.05, 0.1) is 5.69 Å². The molecule has 5 rings (SSSR count). The monoisotopic (exact) mass is 625 g/mol.